The minimum atomic E-state index is -4.77. The number of nitrogens with one attached hydrogen (secondary N) is 1. The van der Waals surface area contributed by atoms with Gasteiger partial charge in [-0.05, 0) is 17.7 Å². The Morgan fingerprint density at radius 3 is 2.59 bits per heavy atom. The zero-order valence-corrected chi connectivity index (χ0v) is 13.5. The monoisotopic (exact) mass is 380 g/mol. The number of carbonyl (C=O) groups excluding carboxylic acids is 3. The molecule has 3 N–H and O–H groups in total. The molecule has 0 saturated heterocycles. The molecule has 0 aliphatic heterocycles. The molecule has 140 valence electrons. The van der Waals surface area contributed by atoms with E-state index in [2.05, 4.69) is 20.0 Å². The highest BCUT2D eigenvalue weighted by Crippen LogP contribution is 2.38. The van der Waals surface area contributed by atoms with Crippen LogP contribution in [0.5, 0.6) is 0 Å². The molecule has 0 saturated carbocycles. The number of nitrogens with zero attached hydrogens (tertiary/aromatic N) is 2. The Kier molecular flexibility index (Phi) is 4.52. The Balaban J connectivity index is 1.80. The van der Waals surface area contributed by atoms with Gasteiger partial charge in [-0.15, -0.1) is 0 Å². The van der Waals surface area contributed by atoms with E-state index >= 15 is 0 Å². The third-order valence-corrected chi connectivity index (χ3v) is 3.67. The van der Waals surface area contributed by atoms with E-state index in [1.165, 1.54) is 18.2 Å². The van der Waals surface area contributed by atoms with Crippen LogP contribution in [-0.4, -0.2) is 34.4 Å². The van der Waals surface area contributed by atoms with Crippen LogP contribution in [0.2, 0.25) is 0 Å². The Morgan fingerprint density at radius 1 is 1.19 bits per heavy atom. The van der Waals surface area contributed by atoms with Crippen molar-refractivity contribution in [2.24, 2.45) is 5.73 Å². The predicted molar refractivity (Wildman–Crippen MR) is 84.7 cm³/mol. The van der Waals surface area contributed by atoms with E-state index < -0.39 is 29.8 Å². The van der Waals surface area contributed by atoms with Gasteiger partial charge < -0.3 is 15.8 Å². The first-order valence-corrected chi connectivity index (χ1v) is 7.52. The third-order valence-electron chi connectivity index (χ3n) is 3.67. The quantitative estimate of drug-likeness (QED) is 0.714. The van der Waals surface area contributed by atoms with Crippen molar-refractivity contribution >= 4 is 23.5 Å². The van der Waals surface area contributed by atoms with Crippen molar-refractivity contribution in [3.63, 3.8) is 0 Å². The van der Waals surface area contributed by atoms with Gasteiger partial charge in [-0.2, -0.15) is 13.2 Å². The van der Waals surface area contributed by atoms with Gasteiger partial charge in [-0.1, -0.05) is 6.07 Å². The fraction of sp³-hybridized carbons (Fsp3) is 0.188. The van der Waals surface area contributed by atoms with Gasteiger partial charge in [0.25, 0.3) is 0 Å². The maximum Gasteiger partial charge on any atom is 0.451 e. The van der Waals surface area contributed by atoms with Crippen LogP contribution in [0.15, 0.2) is 24.4 Å². The van der Waals surface area contributed by atoms with Crippen molar-refractivity contribution in [2.45, 2.75) is 12.6 Å². The van der Waals surface area contributed by atoms with Crippen molar-refractivity contribution in [1.82, 2.24) is 9.97 Å². The molecule has 11 heteroatoms. The molecule has 27 heavy (non-hydrogen) atoms. The first-order chi connectivity index (χ1) is 12.7. The first kappa shape index (κ1) is 18.3. The number of ether oxygens (including phenoxy) is 1. The highest BCUT2D eigenvalue weighted by Gasteiger charge is 2.38. The number of amides is 2. The topological polar surface area (TPSA) is 124 Å². The summed E-state index contributed by atoms with van der Waals surface area (Å²) in [6, 6.07) is 4.29. The summed E-state index contributed by atoms with van der Waals surface area (Å²) in [4.78, 5) is 41.2. The van der Waals surface area contributed by atoms with Crippen LogP contribution in [-0.2, 0) is 15.7 Å². The van der Waals surface area contributed by atoms with Gasteiger partial charge in [0, 0.05) is 23.0 Å². The number of aromatic nitrogens is 2. The lowest BCUT2D eigenvalue weighted by atomic mass is 10.1. The number of alkyl halides is 3. The number of anilines is 1. The van der Waals surface area contributed by atoms with Crippen LogP contribution < -0.4 is 11.1 Å². The van der Waals surface area contributed by atoms with E-state index in [0.717, 1.165) is 6.20 Å². The number of hydrogen-bond acceptors (Lipinski definition) is 6. The molecule has 8 nitrogen and oxygen atoms in total. The number of nitrogens with two attached hydrogens (primary N) is 1. The Morgan fingerprint density at radius 2 is 1.93 bits per heavy atom. The highest BCUT2D eigenvalue weighted by molar-refractivity contribution is 6.21. The molecule has 0 fully saturated rings. The lowest BCUT2D eigenvalue weighted by molar-refractivity contribution is -0.145. The summed E-state index contributed by atoms with van der Waals surface area (Å²) in [5.41, 5.74) is 5.35. The van der Waals surface area contributed by atoms with Gasteiger partial charge in [-0.25, -0.2) is 14.8 Å². The zero-order valence-electron chi connectivity index (χ0n) is 13.5. The number of hydrogen-bond donors (Lipinski definition) is 2. The van der Waals surface area contributed by atoms with Gasteiger partial charge in [0.15, 0.2) is 0 Å². The molecule has 1 aliphatic carbocycles. The summed E-state index contributed by atoms with van der Waals surface area (Å²) >= 11 is 0. The summed E-state index contributed by atoms with van der Waals surface area (Å²) in [5.74, 6) is -2.59. The second-order valence-corrected chi connectivity index (χ2v) is 5.51. The average Bonchev–Trinajstić information content (AvgIpc) is 2.86. The number of fused-ring (bicyclic) bond motifs is 3. The van der Waals surface area contributed by atoms with Gasteiger partial charge in [0.2, 0.25) is 17.5 Å². The lowest BCUT2D eigenvalue weighted by Gasteiger charge is -2.07. The number of rotatable bonds is 4. The van der Waals surface area contributed by atoms with Crippen molar-refractivity contribution in [3.8, 4) is 11.1 Å². The molecule has 0 bridgehead atoms. The first-order valence-electron chi connectivity index (χ1n) is 7.52. The van der Waals surface area contributed by atoms with Crippen LogP contribution in [0.1, 0.15) is 28.3 Å². The summed E-state index contributed by atoms with van der Waals surface area (Å²) in [6.45, 7) is -0.216. The maximum absolute atomic E-state index is 12.7. The van der Waals surface area contributed by atoms with E-state index in [9.17, 15) is 27.6 Å². The predicted octanol–water partition coefficient (Wildman–Crippen LogP) is 2.13. The molecular formula is C16H11F3N4O4. The smallest absolute Gasteiger partial charge is 0.449 e. The fourth-order valence-electron chi connectivity index (χ4n) is 2.53. The standard InChI is InChI=1S/C16H11F3N4O4/c17-16(18,19)14-21-6-10-8-2-1-7(5-9(8)13(25)12(10)23-14)22-11(24)3-4-27-15(20)26/h1-2,5-6H,3-4H2,(H2,20,26)(H,22,24). The molecule has 1 aromatic carbocycles. The molecule has 0 spiro atoms. The molecule has 1 aliphatic rings. The van der Waals surface area contributed by atoms with Crippen LogP contribution in [0.4, 0.5) is 23.7 Å². The maximum atomic E-state index is 12.7. The minimum absolute atomic E-state index is 0.102. The van der Waals surface area contributed by atoms with Crippen molar-refractivity contribution < 1.29 is 32.3 Å². The molecule has 2 aromatic rings. The molecule has 0 radical (unpaired) electrons. The molecular weight excluding hydrogens is 369 g/mol. The van der Waals surface area contributed by atoms with E-state index in [1.807, 2.05) is 0 Å². The second kappa shape index (κ2) is 6.67. The lowest BCUT2D eigenvalue weighted by Crippen LogP contribution is -2.19. The summed E-state index contributed by atoms with van der Waals surface area (Å²) in [5, 5.41) is 2.49. The largest absolute Gasteiger partial charge is 0.451 e. The summed E-state index contributed by atoms with van der Waals surface area (Å²) in [7, 11) is 0. The van der Waals surface area contributed by atoms with Gasteiger partial charge >= 0.3 is 12.3 Å². The van der Waals surface area contributed by atoms with Crippen LogP contribution in [0.25, 0.3) is 11.1 Å². The molecule has 1 heterocycles. The Bertz CT molecular complexity index is 959. The number of carbonyl (C=O) groups is 3. The van der Waals surface area contributed by atoms with Crippen molar-refractivity contribution in [2.75, 3.05) is 11.9 Å². The number of primary amides is 1. The second-order valence-electron chi connectivity index (χ2n) is 5.51. The van der Waals surface area contributed by atoms with E-state index in [-0.39, 0.29) is 35.5 Å². The normalized spacial score (nSPS) is 12.3. The van der Waals surface area contributed by atoms with Crippen LogP contribution in [0.3, 0.4) is 0 Å². The molecule has 3 rings (SSSR count). The Hall–Kier alpha value is -3.50. The number of ketones is 1. The molecule has 2 amide bonds. The van der Waals surface area contributed by atoms with Gasteiger partial charge in [0.1, 0.15) is 12.3 Å². The number of halogens is 3. The molecule has 0 atom stereocenters. The van der Waals surface area contributed by atoms with Crippen molar-refractivity contribution in [1.29, 1.82) is 0 Å². The minimum Gasteiger partial charge on any atom is -0.449 e. The van der Waals surface area contributed by atoms with Gasteiger partial charge in [-0.3, -0.25) is 9.59 Å². The van der Waals surface area contributed by atoms with Crippen molar-refractivity contribution in [3.05, 3.63) is 41.5 Å². The third kappa shape index (κ3) is 3.71. The molecule has 0 unspecified atom stereocenters. The van der Waals surface area contributed by atoms with Crippen LogP contribution >= 0.6 is 0 Å². The summed E-state index contributed by atoms with van der Waals surface area (Å²) < 4.78 is 42.7. The SMILES string of the molecule is NC(=O)OCCC(=O)Nc1ccc2c(c1)C(=O)c1nc(C(F)(F)F)ncc1-2. The Labute approximate surface area is 149 Å². The highest BCUT2D eigenvalue weighted by atomic mass is 19.4. The molecule has 1 aromatic heterocycles. The average molecular weight is 380 g/mol. The fourth-order valence-corrected chi connectivity index (χ4v) is 2.53. The van der Waals surface area contributed by atoms with Crippen LogP contribution in [0, 0.1) is 0 Å². The summed E-state index contributed by atoms with van der Waals surface area (Å²) in [6.07, 6.45) is -4.98. The van der Waals surface area contributed by atoms with E-state index in [4.69, 9.17) is 5.73 Å². The number of benzene rings is 1. The van der Waals surface area contributed by atoms with E-state index in [1.54, 1.807) is 0 Å². The van der Waals surface area contributed by atoms with E-state index in [0.29, 0.717) is 5.56 Å². The van der Waals surface area contributed by atoms with Gasteiger partial charge in [0.05, 0.1) is 6.42 Å². The zero-order chi connectivity index (χ0) is 19.8.